The average molecular weight is 438 g/mol. The number of methoxy groups -OCH3 is 1. The molecule has 0 bridgehead atoms. The highest BCUT2D eigenvalue weighted by atomic mass is 32.2. The highest BCUT2D eigenvalue weighted by Crippen LogP contribution is 2.36. The van der Waals surface area contributed by atoms with Crippen LogP contribution in [0.3, 0.4) is 0 Å². The predicted molar refractivity (Wildman–Crippen MR) is 113 cm³/mol. The molecule has 0 spiro atoms. The second-order valence-corrected chi connectivity index (χ2v) is 10.5. The van der Waals surface area contributed by atoms with Gasteiger partial charge in [-0.2, -0.15) is 9.52 Å². The van der Waals surface area contributed by atoms with E-state index in [-0.39, 0.29) is 5.75 Å². The Hall–Kier alpha value is -2.59. The van der Waals surface area contributed by atoms with E-state index in [4.69, 9.17) is 4.74 Å². The quantitative estimate of drug-likeness (QED) is 0.717. The molecule has 1 aliphatic heterocycles. The molecule has 2 aromatic rings. The third-order valence-electron chi connectivity index (χ3n) is 4.52. The minimum Gasteiger partial charge on any atom is -0.497 e. The Kier molecular flexibility index (Phi) is 5.85. The summed E-state index contributed by atoms with van der Waals surface area (Å²) in [5, 5.41) is 4.39. The molecule has 2 aromatic carbocycles. The Morgan fingerprint density at radius 1 is 1.14 bits per heavy atom. The number of rotatable bonds is 7. The van der Waals surface area contributed by atoms with Crippen molar-refractivity contribution in [1.29, 1.82) is 0 Å². The van der Waals surface area contributed by atoms with Crippen molar-refractivity contribution < 1.29 is 21.6 Å². The van der Waals surface area contributed by atoms with E-state index < -0.39 is 26.1 Å². The van der Waals surface area contributed by atoms with Gasteiger partial charge in [0.15, 0.2) is 0 Å². The fourth-order valence-corrected chi connectivity index (χ4v) is 4.73. The second kappa shape index (κ2) is 8.03. The standard InChI is InChI=1S/C19H23N3O5S2/c1-4-29(25,26)22-19(14-8-10-17(27-2)11-9-14)13-18(20-22)15-6-5-7-16(12-15)21-28(3,23)24/h5-12,19,21H,4,13H2,1-3H3. The lowest BCUT2D eigenvalue weighted by atomic mass is 9.99. The molecule has 156 valence electrons. The third kappa shape index (κ3) is 4.88. The molecule has 0 saturated heterocycles. The van der Waals surface area contributed by atoms with E-state index in [2.05, 4.69) is 9.82 Å². The molecule has 1 unspecified atom stereocenters. The molecule has 1 heterocycles. The summed E-state index contributed by atoms with van der Waals surface area (Å²) in [7, 11) is -5.44. The minimum atomic E-state index is -3.59. The molecule has 1 aliphatic rings. The Balaban J connectivity index is 1.98. The summed E-state index contributed by atoms with van der Waals surface area (Å²) in [6, 6.07) is 13.5. The lowest BCUT2D eigenvalue weighted by Crippen LogP contribution is -2.28. The average Bonchev–Trinajstić information content (AvgIpc) is 3.13. The summed E-state index contributed by atoms with van der Waals surface area (Å²) in [5.74, 6) is 0.601. The Labute approximate surface area is 171 Å². The molecule has 0 radical (unpaired) electrons. The van der Waals surface area contributed by atoms with Crippen molar-refractivity contribution in [2.45, 2.75) is 19.4 Å². The summed E-state index contributed by atoms with van der Waals surface area (Å²) >= 11 is 0. The minimum absolute atomic E-state index is 0.0773. The predicted octanol–water partition coefficient (Wildman–Crippen LogP) is 2.57. The number of benzene rings is 2. The first-order chi connectivity index (χ1) is 13.6. The zero-order chi connectivity index (χ0) is 21.2. The smallest absolute Gasteiger partial charge is 0.250 e. The van der Waals surface area contributed by atoms with Gasteiger partial charge in [-0.1, -0.05) is 24.3 Å². The zero-order valence-corrected chi connectivity index (χ0v) is 18.0. The zero-order valence-electron chi connectivity index (χ0n) is 16.4. The Morgan fingerprint density at radius 2 is 1.83 bits per heavy atom. The maximum absolute atomic E-state index is 12.6. The van der Waals surface area contributed by atoms with Crippen LogP contribution in [0, 0.1) is 0 Å². The van der Waals surface area contributed by atoms with Gasteiger partial charge in [0.2, 0.25) is 20.0 Å². The van der Waals surface area contributed by atoms with Crippen LogP contribution in [0.5, 0.6) is 5.75 Å². The van der Waals surface area contributed by atoms with Gasteiger partial charge in [-0.05, 0) is 42.3 Å². The molecule has 8 nitrogen and oxygen atoms in total. The molecule has 0 aliphatic carbocycles. The number of ether oxygens (including phenoxy) is 1. The van der Waals surface area contributed by atoms with Gasteiger partial charge in [-0.3, -0.25) is 4.72 Å². The fraction of sp³-hybridized carbons (Fsp3) is 0.316. The summed E-state index contributed by atoms with van der Waals surface area (Å²) in [5.41, 5.74) is 2.42. The van der Waals surface area contributed by atoms with Crippen molar-refractivity contribution in [2.24, 2.45) is 5.10 Å². The van der Waals surface area contributed by atoms with Crippen molar-refractivity contribution in [3.63, 3.8) is 0 Å². The van der Waals surface area contributed by atoms with Crippen molar-refractivity contribution in [2.75, 3.05) is 23.8 Å². The number of hydrogen-bond acceptors (Lipinski definition) is 6. The van der Waals surface area contributed by atoms with Crippen LogP contribution in [0.4, 0.5) is 5.69 Å². The van der Waals surface area contributed by atoms with Gasteiger partial charge in [0.05, 0.1) is 30.9 Å². The molecule has 3 rings (SSSR count). The molecule has 0 fully saturated rings. The molecule has 10 heteroatoms. The SMILES string of the molecule is CCS(=O)(=O)N1N=C(c2cccc(NS(C)(=O)=O)c2)CC1c1ccc(OC)cc1. The van der Waals surface area contributed by atoms with E-state index in [0.717, 1.165) is 16.2 Å². The number of nitrogens with one attached hydrogen (secondary N) is 1. The number of hydrogen-bond donors (Lipinski definition) is 1. The highest BCUT2D eigenvalue weighted by Gasteiger charge is 2.35. The molecule has 29 heavy (non-hydrogen) atoms. The first-order valence-electron chi connectivity index (χ1n) is 8.94. The van der Waals surface area contributed by atoms with Gasteiger partial charge in [-0.25, -0.2) is 16.8 Å². The second-order valence-electron chi connectivity index (χ2n) is 6.67. The van der Waals surface area contributed by atoms with Gasteiger partial charge in [0, 0.05) is 12.1 Å². The molecule has 1 N–H and O–H groups in total. The third-order valence-corrected chi connectivity index (χ3v) is 6.76. The summed E-state index contributed by atoms with van der Waals surface area (Å²) < 4.78 is 57.0. The fourth-order valence-electron chi connectivity index (χ4n) is 3.10. The van der Waals surface area contributed by atoms with Crippen molar-refractivity contribution in [1.82, 2.24) is 4.41 Å². The van der Waals surface area contributed by atoms with E-state index in [1.54, 1.807) is 50.4 Å². The first kappa shape index (κ1) is 21.1. The molecule has 0 amide bonds. The van der Waals surface area contributed by atoms with Crippen LogP contribution in [-0.2, 0) is 20.0 Å². The van der Waals surface area contributed by atoms with Crippen LogP contribution in [0.2, 0.25) is 0 Å². The summed E-state index contributed by atoms with van der Waals surface area (Å²) in [4.78, 5) is 0. The van der Waals surface area contributed by atoms with Crippen molar-refractivity contribution in [3.8, 4) is 5.75 Å². The van der Waals surface area contributed by atoms with E-state index in [9.17, 15) is 16.8 Å². The lowest BCUT2D eigenvalue weighted by Gasteiger charge is -2.22. The van der Waals surface area contributed by atoms with Gasteiger partial charge in [0.25, 0.3) is 0 Å². The normalized spacial score (nSPS) is 17.1. The van der Waals surface area contributed by atoms with Gasteiger partial charge in [-0.15, -0.1) is 0 Å². The van der Waals surface area contributed by atoms with E-state index in [1.807, 2.05) is 12.1 Å². The monoisotopic (exact) mass is 437 g/mol. The largest absolute Gasteiger partial charge is 0.497 e. The maximum atomic E-state index is 12.6. The van der Waals surface area contributed by atoms with Crippen LogP contribution >= 0.6 is 0 Å². The number of sulfonamides is 2. The maximum Gasteiger partial charge on any atom is 0.250 e. The summed E-state index contributed by atoms with van der Waals surface area (Å²) in [6.07, 6.45) is 1.44. The van der Waals surface area contributed by atoms with Crippen molar-refractivity contribution >= 4 is 31.4 Å². The first-order valence-corrected chi connectivity index (χ1v) is 12.4. The number of hydrazone groups is 1. The molecule has 1 atom stereocenters. The molecule has 0 saturated carbocycles. The highest BCUT2D eigenvalue weighted by molar-refractivity contribution is 7.92. The van der Waals surface area contributed by atoms with E-state index in [1.165, 1.54) is 0 Å². The van der Waals surface area contributed by atoms with Gasteiger partial charge in [0.1, 0.15) is 5.75 Å². The van der Waals surface area contributed by atoms with Crippen LogP contribution in [0.25, 0.3) is 0 Å². The van der Waals surface area contributed by atoms with Crippen molar-refractivity contribution in [3.05, 3.63) is 59.7 Å². The number of nitrogens with zero attached hydrogens (tertiary/aromatic N) is 2. The van der Waals surface area contributed by atoms with Crippen LogP contribution in [0.1, 0.15) is 30.5 Å². The Morgan fingerprint density at radius 3 is 2.41 bits per heavy atom. The molecular formula is C19H23N3O5S2. The van der Waals surface area contributed by atoms with Crippen LogP contribution in [-0.4, -0.2) is 46.1 Å². The van der Waals surface area contributed by atoms with Gasteiger partial charge < -0.3 is 4.74 Å². The number of anilines is 1. The van der Waals surface area contributed by atoms with Crippen LogP contribution in [0.15, 0.2) is 53.6 Å². The lowest BCUT2D eigenvalue weighted by molar-refractivity contribution is 0.371. The van der Waals surface area contributed by atoms with Crippen LogP contribution < -0.4 is 9.46 Å². The topological polar surface area (TPSA) is 105 Å². The van der Waals surface area contributed by atoms with E-state index in [0.29, 0.717) is 29.1 Å². The van der Waals surface area contributed by atoms with Gasteiger partial charge >= 0.3 is 0 Å². The Bertz CT molecular complexity index is 1130. The summed E-state index contributed by atoms with van der Waals surface area (Å²) in [6.45, 7) is 1.57. The van der Waals surface area contributed by atoms with E-state index >= 15 is 0 Å². The molecule has 0 aromatic heterocycles. The molecular weight excluding hydrogens is 414 g/mol.